The second-order valence-corrected chi connectivity index (χ2v) is 10.5. The molecule has 1 N–H and O–H groups in total. The van der Waals surface area contributed by atoms with Crippen LogP contribution in [0, 0.1) is 6.92 Å². The highest BCUT2D eigenvalue weighted by atomic mass is 14.9. The zero-order chi connectivity index (χ0) is 28.5. The van der Waals surface area contributed by atoms with Gasteiger partial charge < -0.3 is 5.32 Å². The number of aromatic nitrogens is 3. The maximum atomic E-state index is 4.71. The number of allylic oxidation sites excluding steroid dienone is 3. The molecule has 0 bridgehead atoms. The van der Waals surface area contributed by atoms with Gasteiger partial charge in [0.25, 0.3) is 0 Å². The predicted molar refractivity (Wildman–Crippen MR) is 176 cm³/mol. The van der Waals surface area contributed by atoms with Gasteiger partial charge in [-0.05, 0) is 112 Å². The molecule has 42 heavy (non-hydrogen) atoms. The van der Waals surface area contributed by atoms with E-state index < -0.39 is 0 Å². The van der Waals surface area contributed by atoms with E-state index in [0.717, 1.165) is 40.5 Å². The van der Waals surface area contributed by atoms with Crippen LogP contribution in [0.1, 0.15) is 29.3 Å². The summed E-state index contributed by atoms with van der Waals surface area (Å²) in [7, 11) is 0. The number of hydrogen-bond donors (Lipinski definition) is 1. The highest BCUT2D eigenvalue weighted by molar-refractivity contribution is 6.14. The summed E-state index contributed by atoms with van der Waals surface area (Å²) in [4.78, 5) is 13.6. The third-order valence-corrected chi connectivity index (χ3v) is 8.02. The first kappa shape index (κ1) is 25.6. The Hall–Kier alpha value is -5.35. The van der Waals surface area contributed by atoms with Gasteiger partial charge in [-0.15, -0.1) is 0 Å². The Balaban J connectivity index is 1.29. The van der Waals surface area contributed by atoms with E-state index in [1.807, 2.05) is 54.9 Å². The van der Waals surface area contributed by atoms with Gasteiger partial charge in [-0.1, -0.05) is 60.7 Å². The molecule has 4 heterocycles. The Labute approximate surface area is 245 Å². The van der Waals surface area contributed by atoms with Crippen molar-refractivity contribution in [1.29, 1.82) is 0 Å². The molecule has 4 nitrogen and oxygen atoms in total. The number of pyridine rings is 3. The number of nitrogens with one attached hydrogen (secondary N) is 1. The minimum absolute atomic E-state index is 0.760. The first-order valence-electron chi connectivity index (χ1n) is 14.3. The van der Waals surface area contributed by atoms with E-state index in [1.165, 1.54) is 43.8 Å². The van der Waals surface area contributed by atoms with Crippen LogP contribution in [0.5, 0.6) is 0 Å². The van der Waals surface area contributed by atoms with Crippen molar-refractivity contribution in [3.8, 4) is 22.5 Å². The van der Waals surface area contributed by atoms with E-state index in [9.17, 15) is 0 Å². The lowest BCUT2D eigenvalue weighted by Gasteiger charge is -2.19. The van der Waals surface area contributed by atoms with Gasteiger partial charge >= 0.3 is 0 Å². The van der Waals surface area contributed by atoms with E-state index in [1.54, 1.807) is 6.20 Å². The molecule has 7 rings (SSSR count). The molecule has 202 valence electrons. The van der Waals surface area contributed by atoms with Crippen LogP contribution in [0.4, 0.5) is 0 Å². The molecular formula is C38H30N4. The number of nitrogens with zero attached hydrogens (tertiary/aromatic N) is 3. The van der Waals surface area contributed by atoms with Crippen LogP contribution in [0.15, 0.2) is 122 Å². The van der Waals surface area contributed by atoms with Crippen molar-refractivity contribution in [2.45, 2.75) is 13.8 Å². The van der Waals surface area contributed by atoms with Crippen molar-refractivity contribution in [2.75, 3.05) is 6.54 Å². The van der Waals surface area contributed by atoms with Gasteiger partial charge in [-0.25, -0.2) is 0 Å². The number of dihydropyridines is 1. The quantitative estimate of drug-likeness (QED) is 0.221. The van der Waals surface area contributed by atoms with Crippen molar-refractivity contribution >= 4 is 38.9 Å². The van der Waals surface area contributed by atoms with Gasteiger partial charge in [0.05, 0.1) is 22.8 Å². The Morgan fingerprint density at radius 1 is 0.643 bits per heavy atom. The summed E-state index contributed by atoms with van der Waals surface area (Å²) in [6.45, 7) is 5.08. The summed E-state index contributed by atoms with van der Waals surface area (Å²) in [5.74, 6) is 0. The summed E-state index contributed by atoms with van der Waals surface area (Å²) >= 11 is 0. The largest absolute Gasteiger partial charge is 0.379 e. The van der Waals surface area contributed by atoms with Crippen molar-refractivity contribution in [1.82, 2.24) is 20.3 Å². The number of benzene rings is 3. The molecule has 3 aromatic heterocycles. The lowest BCUT2D eigenvalue weighted by molar-refractivity contribution is 0.994. The molecule has 0 aliphatic carbocycles. The molecule has 0 unspecified atom stereocenters. The van der Waals surface area contributed by atoms with E-state index in [0.29, 0.717) is 0 Å². The second kappa shape index (κ2) is 10.9. The average molecular weight is 543 g/mol. The molecule has 4 heteroatoms. The minimum Gasteiger partial charge on any atom is -0.379 e. The third kappa shape index (κ3) is 4.67. The monoisotopic (exact) mass is 542 g/mol. The fourth-order valence-electron chi connectivity index (χ4n) is 5.82. The van der Waals surface area contributed by atoms with Crippen LogP contribution in [0.2, 0.25) is 0 Å². The van der Waals surface area contributed by atoms with E-state index in [2.05, 4.69) is 95.9 Å². The first-order valence-corrected chi connectivity index (χ1v) is 14.3. The van der Waals surface area contributed by atoms with Gasteiger partial charge in [0.2, 0.25) is 0 Å². The second-order valence-electron chi connectivity index (χ2n) is 10.5. The molecule has 0 radical (unpaired) electrons. The fourth-order valence-corrected chi connectivity index (χ4v) is 5.82. The van der Waals surface area contributed by atoms with Gasteiger partial charge in [-0.2, -0.15) is 0 Å². The Morgan fingerprint density at radius 2 is 1.33 bits per heavy atom. The van der Waals surface area contributed by atoms with Crippen molar-refractivity contribution in [3.63, 3.8) is 0 Å². The molecule has 1 aliphatic rings. The predicted octanol–water partition coefficient (Wildman–Crippen LogP) is 8.88. The fraction of sp³-hybridized carbons (Fsp3) is 0.0789. The van der Waals surface area contributed by atoms with Gasteiger partial charge in [0.1, 0.15) is 0 Å². The van der Waals surface area contributed by atoms with E-state index in [4.69, 9.17) is 4.98 Å². The van der Waals surface area contributed by atoms with Crippen LogP contribution >= 0.6 is 0 Å². The van der Waals surface area contributed by atoms with Crippen molar-refractivity contribution in [2.24, 2.45) is 0 Å². The molecule has 0 fully saturated rings. The highest BCUT2D eigenvalue weighted by Crippen LogP contribution is 2.37. The van der Waals surface area contributed by atoms with E-state index >= 15 is 0 Å². The smallest absolute Gasteiger partial charge is 0.0886 e. The molecule has 3 aromatic carbocycles. The zero-order valence-electron chi connectivity index (χ0n) is 23.7. The highest BCUT2D eigenvalue weighted by Gasteiger charge is 2.15. The lowest BCUT2D eigenvalue weighted by Crippen LogP contribution is -2.18. The number of fused-ring (bicyclic) bond motifs is 3. The standard InChI is InChI=1S/C38H30N4/c1-3-8-30-25(2)33-21-26(28-13-17-37(41-23-28)35-9-4-6-19-39-35)11-15-31(33)32-16-12-27(22-34(30)32)29-14-18-38(42-24-29)36-10-5-7-20-40-36/h3-23,42H,24H2,1-2H3/b8-3-. The summed E-state index contributed by atoms with van der Waals surface area (Å²) in [6.07, 6.45) is 14.3. The third-order valence-electron chi connectivity index (χ3n) is 8.02. The lowest BCUT2D eigenvalue weighted by atomic mass is 9.88. The molecule has 6 aromatic rings. The summed E-state index contributed by atoms with van der Waals surface area (Å²) in [6, 6.07) is 29.7. The van der Waals surface area contributed by atoms with Gasteiger partial charge in [-0.3, -0.25) is 15.0 Å². The first-order chi connectivity index (χ1) is 20.7. The number of rotatable bonds is 5. The van der Waals surface area contributed by atoms with Crippen LogP contribution < -0.4 is 5.32 Å². The summed E-state index contributed by atoms with van der Waals surface area (Å²) in [5.41, 5.74) is 11.0. The molecule has 1 aliphatic heterocycles. The van der Waals surface area contributed by atoms with E-state index in [-0.39, 0.29) is 0 Å². The van der Waals surface area contributed by atoms with Crippen LogP contribution in [0.25, 0.3) is 61.4 Å². The molecule has 0 saturated heterocycles. The normalized spacial score (nSPS) is 13.3. The summed E-state index contributed by atoms with van der Waals surface area (Å²) in [5, 5.41) is 8.61. The topological polar surface area (TPSA) is 50.7 Å². The Kier molecular flexibility index (Phi) is 6.65. The number of aryl methyl sites for hydroxylation is 1. The van der Waals surface area contributed by atoms with Gasteiger partial charge in [0, 0.05) is 30.7 Å². The zero-order valence-corrected chi connectivity index (χ0v) is 23.7. The SMILES string of the molecule is C/C=C\c1c(C)c2cc(-c3ccc(-c4ccccn4)nc3)ccc2c2ccc(C3=CC=C(c4ccccn4)NC3)cc12. The van der Waals surface area contributed by atoms with Crippen LogP contribution in [0.3, 0.4) is 0 Å². The van der Waals surface area contributed by atoms with Crippen molar-refractivity contribution < 1.29 is 0 Å². The molecular weight excluding hydrogens is 512 g/mol. The molecule has 0 amide bonds. The Morgan fingerprint density at radius 3 is 2.00 bits per heavy atom. The molecule has 0 saturated carbocycles. The molecule has 0 atom stereocenters. The maximum absolute atomic E-state index is 4.71. The summed E-state index contributed by atoms with van der Waals surface area (Å²) < 4.78 is 0. The average Bonchev–Trinajstić information content (AvgIpc) is 3.07. The van der Waals surface area contributed by atoms with Crippen LogP contribution in [-0.2, 0) is 0 Å². The minimum atomic E-state index is 0.760. The van der Waals surface area contributed by atoms with Crippen LogP contribution in [-0.4, -0.2) is 21.5 Å². The van der Waals surface area contributed by atoms with Crippen molar-refractivity contribution in [3.05, 3.63) is 144 Å². The maximum Gasteiger partial charge on any atom is 0.0886 e. The number of hydrogen-bond acceptors (Lipinski definition) is 4. The Bertz CT molecular complexity index is 2020. The molecule has 0 spiro atoms. The van der Waals surface area contributed by atoms with Gasteiger partial charge in [0.15, 0.2) is 0 Å².